The second kappa shape index (κ2) is 7.30. The van der Waals surface area contributed by atoms with Gasteiger partial charge in [-0.15, -0.1) is 0 Å². The van der Waals surface area contributed by atoms with Crippen molar-refractivity contribution in [3.8, 4) is 11.5 Å². The summed E-state index contributed by atoms with van der Waals surface area (Å²) in [5.41, 5.74) is 1.47. The number of aromatic nitrogens is 1. The lowest BCUT2D eigenvalue weighted by Gasteiger charge is -2.27. The number of nitrogens with zero attached hydrogens (tertiary/aromatic N) is 2. The van der Waals surface area contributed by atoms with Gasteiger partial charge in [-0.1, -0.05) is 19.0 Å². The quantitative estimate of drug-likeness (QED) is 0.756. The highest BCUT2D eigenvalue weighted by molar-refractivity contribution is 5.98. The summed E-state index contributed by atoms with van der Waals surface area (Å²) in [5.74, 6) is -0.445. The summed E-state index contributed by atoms with van der Waals surface area (Å²) >= 11 is 0. The Morgan fingerprint density at radius 1 is 1.30 bits per heavy atom. The molecule has 0 saturated heterocycles. The number of carbonyl (C=O) groups excluding carboxylic acids is 2. The van der Waals surface area contributed by atoms with Crippen LogP contribution in [-0.4, -0.2) is 45.2 Å². The summed E-state index contributed by atoms with van der Waals surface area (Å²) in [6.45, 7) is 6.60. The molecule has 0 saturated carbocycles. The maximum absolute atomic E-state index is 13.0. The Labute approximate surface area is 156 Å². The lowest BCUT2D eigenvalue weighted by Crippen LogP contribution is -2.36. The van der Waals surface area contributed by atoms with Crippen molar-refractivity contribution in [3.05, 3.63) is 40.3 Å². The van der Waals surface area contributed by atoms with E-state index in [0.717, 1.165) is 0 Å². The average Bonchev–Trinajstić information content (AvgIpc) is 3.04. The Hall–Kier alpha value is -3.03. The molecule has 0 unspecified atom stereocenters. The number of hydrogen-bond acceptors (Lipinski definition) is 6. The van der Waals surface area contributed by atoms with Crippen molar-refractivity contribution in [2.45, 2.75) is 39.7 Å². The van der Waals surface area contributed by atoms with Crippen LogP contribution in [0.4, 0.5) is 0 Å². The molecule has 3 rings (SSSR count). The zero-order valence-electron chi connectivity index (χ0n) is 15.6. The molecule has 2 aromatic rings. The summed E-state index contributed by atoms with van der Waals surface area (Å²) in [5, 5.41) is 26.7. The maximum atomic E-state index is 13.0. The van der Waals surface area contributed by atoms with Gasteiger partial charge in [-0.2, -0.15) is 0 Å². The summed E-state index contributed by atoms with van der Waals surface area (Å²) in [6, 6.07) is 2.71. The van der Waals surface area contributed by atoms with Crippen molar-refractivity contribution in [2.24, 2.45) is 0 Å². The Morgan fingerprint density at radius 2 is 2.04 bits per heavy atom. The number of amides is 2. The summed E-state index contributed by atoms with van der Waals surface area (Å²) in [4.78, 5) is 26.6. The summed E-state index contributed by atoms with van der Waals surface area (Å²) < 4.78 is 5.25. The van der Waals surface area contributed by atoms with Crippen LogP contribution in [0.3, 0.4) is 0 Å². The highest BCUT2D eigenvalue weighted by atomic mass is 16.5. The summed E-state index contributed by atoms with van der Waals surface area (Å²) in [7, 11) is 0. The topological polar surface area (TPSA) is 116 Å². The van der Waals surface area contributed by atoms with Crippen molar-refractivity contribution in [3.63, 3.8) is 0 Å². The van der Waals surface area contributed by atoms with Gasteiger partial charge in [0.25, 0.3) is 11.8 Å². The Kier molecular flexibility index (Phi) is 5.07. The number of benzene rings is 1. The van der Waals surface area contributed by atoms with E-state index in [1.54, 1.807) is 11.8 Å². The molecular weight excluding hydrogens is 350 g/mol. The predicted molar refractivity (Wildman–Crippen MR) is 96.8 cm³/mol. The first-order valence-electron chi connectivity index (χ1n) is 8.94. The fourth-order valence-electron chi connectivity index (χ4n) is 3.20. The van der Waals surface area contributed by atoms with Gasteiger partial charge in [0.2, 0.25) is 0 Å². The number of nitrogens with one attached hydrogen (secondary N) is 1. The normalized spacial score (nSPS) is 13.6. The Bertz CT molecular complexity index is 888. The van der Waals surface area contributed by atoms with Crippen LogP contribution in [0, 0.1) is 0 Å². The first-order chi connectivity index (χ1) is 12.8. The van der Waals surface area contributed by atoms with Crippen LogP contribution in [0.2, 0.25) is 0 Å². The summed E-state index contributed by atoms with van der Waals surface area (Å²) in [6.07, 6.45) is 0.434. The lowest BCUT2D eigenvalue weighted by atomic mass is 9.97. The van der Waals surface area contributed by atoms with E-state index in [2.05, 4.69) is 10.5 Å². The highest BCUT2D eigenvalue weighted by Crippen LogP contribution is 2.33. The van der Waals surface area contributed by atoms with Crippen LogP contribution < -0.4 is 5.32 Å². The van der Waals surface area contributed by atoms with Gasteiger partial charge < -0.3 is 25.0 Å². The van der Waals surface area contributed by atoms with E-state index < -0.39 is 0 Å². The molecule has 2 amide bonds. The van der Waals surface area contributed by atoms with Gasteiger partial charge in [-0.05, 0) is 24.5 Å². The number of hydrogen-bond donors (Lipinski definition) is 3. The molecule has 1 aliphatic rings. The smallest absolute Gasteiger partial charge is 0.273 e. The molecule has 1 aromatic carbocycles. The Balaban J connectivity index is 1.89. The minimum Gasteiger partial charge on any atom is -0.508 e. The van der Waals surface area contributed by atoms with Crippen LogP contribution in [0.1, 0.15) is 64.4 Å². The molecule has 0 atom stereocenters. The highest BCUT2D eigenvalue weighted by Gasteiger charge is 2.31. The molecule has 8 nitrogen and oxygen atoms in total. The molecule has 0 bridgehead atoms. The van der Waals surface area contributed by atoms with Crippen molar-refractivity contribution >= 4 is 11.8 Å². The molecule has 8 heteroatoms. The molecule has 0 aliphatic carbocycles. The number of carbonyl (C=O) groups is 2. The van der Waals surface area contributed by atoms with Crippen molar-refractivity contribution in [1.82, 2.24) is 15.4 Å². The fraction of sp³-hybridized carbons (Fsp3) is 0.421. The standard InChI is InChI=1S/C19H23N3O5/c1-4-20-18(25)17-13-9-22(6-5-16(13)27-21-17)19(26)12-7-11(10(2)3)14(23)8-15(12)24/h7-8,10,23-24H,4-6,9H2,1-3H3,(H,20,25). The number of phenolic OH excluding ortho intramolecular Hbond substituents is 2. The molecule has 144 valence electrons. The van der Waals surface area contributed by atoms with Crippen LogP contribution in [0.25, 0.3) is 0 Å². The van der Waals surface area contributed by atoms with Crippen LogP contribution in [0.5, 0.6) is 11.5 Å². The monoisotopic (exact) mass is 373 g/mol. The van der Waals surface area contributed by atoms with E-state index in [-0.39, 0.29) is 47.0 Å². The molecule has 2 heterocycles. The fourth-order valence-corrected chi connectivity index (χ4v) is 3.20. The van der Waals surface area contributed by atoms with E-state index in [1.807, 2.05) is 13.8 Å². The predicted octanol–water partition coefficient (Wildman–Crippen LogP) is 2.16. The molecule has 0 radical (unpaired) electrons. The Morgan fingerprint density at radius 3 is 2.70 bits per heavy atom. The van der Waals surface area contributed by atoms with Crippen LogP contribution in [0.15, 0.2) is 16.7 Å². The third-order valence-electron chi connectivity index (χ3n) is 4.66. The van der Waals surface area contributed by atoms with Gasteiger partial charge in [0.15, 0.2) is 5.69 Å². The van der Waals surface area contributed by atoms with Crippen LogP contribution in [-0.2, 0) is 13.0 Å². The SMILES string of the molecule is CCNC(=O)c1noc2c1CN(C(=O)c1cc(C(C)C)c(O)cc1O)CC2. The number of fused-ring (bicyclic) bond motifs is 1. The van der Waals surface area contributed by atoms with Crippen LogP contribution >= 0.6 is 0 Å². The van der Waals surface area contributed by atoms with E-state index in [9.17, 15) is 19.8 Å². The largest absolute Gasteiger partial charge is 0.508 e. The van der Waals surface area contributed by atoms with E-state index in [0.29, 0.717) is 36.4 Å². The van der Waals surface area contributed by atoms with Crippen molar-refractivity contribution in [2.75, 3.05) is 13.1 Å². The zero-order chi connectivity index (χ0) is 19.7. The molecule has 3 N–H and O–H groups in total. The molecule has 1 aliphatic heterocycles. The van der Waals surface area contributed by atoms with Gasteiger partial charge in [0.1, 0.15) is 17.3 Å². The average molecular weight is 373 g/mol. The van der Waals surface area contributed by atoms with Crippen molar-refractivity contribution < 1.29 is 24.3 Å². The maximum Gasteiger partial charge on any atom is 0.273 e. The second-order valence-electron chi connectivity index (χ2n) is 6.85. The number of aromatic hydroxyl groups is 2. The van der Waals surface area contributed by atoms with Gasteiger partial charge >= 0.3 is 0 Å². The van der Waals surface area contributed by atoms with Gasteiger partial charge in [0.05, 0.1) is 12.1 Å². The number of phenols is 2. The minimum atomic E-state index is -0.372. The first kappa shape index (κ1) is 18.8. The number of rotatable bonds is 4. The van der Waals surface area contributed by atoms with Crippen molar-refractivity contribution in [1.29, 1.82) is 0 Å². The zero-order valence-corrected chi connectivity index (χ0v) is 15.6. The third kappa shape index (κ3) is 3.47. The van der Waals surface area contributed by atoms with E-state index in [1.165, 1.54) is 12.1 Å². The molecule has 27 heavy (non-hydrogen) atoms. The first-order valence-corrected chi connectivity index (χ1v) is 8.94. The van der Waals surface area contributed by atoms with E-state index >= 15 is 0 Å². The minimum absolute atomic E-state index is 0.00692. The molecular formula is C19H23N3O5. The molecule has 0 spiro atoms. The third-order valence-corrected chi connectivity index (χ3v) is 4.66. The van der Waals surface area contributed by atoms with Gasteiger partial charge in [-0.25, -0.2) is 0 Å². The second-order valence-corrected chi connectivity index (χ2v) is 6.85. The van der Waals surface area contributed by atoms with Gasteiger partial charge in [-0.3, -0.25) is 9.59 Å². The van der Waals surface area contributed by atoms with Gasteiger partial charge in [0, 0.05) is 31.1 Å². The molecule has 0 fully saturated rings. The van der Waals surface area contributed by atoms with E-state index in [4.69, 9.17) is 4.52 Å². The molecule has 1 aromatic heterocycles. The lowest BCUT2D eigenvalue weighted by molar-refractivity contribution is 0.0723.